The van der Waals surface area contributed by atoms with Crippen LogP contribution in [0.2, 0.25) is 0 Å². The lowest BCUT2D eigenvalue weighted by molar-refractivity contribution is 0.0962. The molecule has 0 spiro atoms. The summed E-state index contributed by atoms with van der Waals surface area (Å²) in [5.41, 5.74) is 0.948. The Balaban J connectivity index is 1.95. The molecular formula is C18H20N4O4S. The first kappa shape index (κ1) is 18.9. The summed E-state index contributed by atoms with van der Waals surface area (Å²) < 4.78 is 26.9. The molecular weight excluding hydrogens is 368 g/mol. The van der Waals surface area contributed by atoms with Gasteiger partial charge in [-0.15, -0.1) is 0 Å². The molecule has 0 aromatic heterocycles. The average Bonchev–Trinajstić information content (AvgIpc) is 3.16. The molecule has 9 heteroatoms. The van der Waals surface area contributed by atoms with Gasteiger partial charge in [0.15, 0.2) is 0 Å². The third kappa shape index (κ3) is 3.38. The number of amides is 1. The molecule has 0 bridgehead atoms. The number of nitrogens with zero attached hydrogens (tertiary/aromatic N) is 2. The monoisotopic (exact) mass is 388 g/mol. The van der Waals surface area contributed by atoms with Crippen molar-refractivity contribution in [2.24, 2.45) is 0 Å². The minimum atomic E-state index is -3.77. The van der Waals surface area contributed by atoms with Crippen molar-refractivity contribution >= 4 is 32.7 Å². The summed E-state index contributed by atoms with van der Waals surface area (Å²) in [4.78, 5) is 24.6. The lowest BCUT2D eigenvalue weighted by Crippen LogP contribution is -2.41. The smallest absolute Gasteiger partial charge is 0.305 e. The van der Waals surface area contributed by atoms with Crippen LogP contribution in [0.1, 0.15) is 20.7 Å². The fourth-order valence-corrected chi connectivity index (χ4v) is 3.80. The van der Waals surface area contributed by atoms with E-state index in [2.05, 4.69) is 10.6 Å². The minimum absolute atomic E-state index is 0.00462. The van der Waals surface area contributed by atoms with E-state index in [0.717, 1.165) is 19.4 Å². The van der Waals surface area contributed by atoms with Crippen LogP contribution in [-0.2, 0) is 10.2 Å². The van der Waals surface area contributed by atoms with Crippen LogP contribution in [0.4, 0.5) is 0 Å². The van der Waals surface area contributed by atoms with E-state index in [4.69, 9.17) is 0 Å². The zero-order chi connectivity index (χ0) is 19.8. The molecule has 0 atom stereocenters. The number of fused-ring (bicyclic) bond motifs is 1. The van der Waals surface area contributed by atoms with Crippen molar-refractivity contribution in [2.75, 3.05) is 27.8 Å². The number of carbonyl (C=O) groups is 2. The zero-order valence-corrected chi connectivity index (χ0v) is 16.0. The molecule has 8 nitrogen and oxygen atoms in total. The van der Waals surface area contributed by atoms with E-state index < -0.39 is 16.0 Å². The first-order chi connectivity index (χ1) is 12.8. The van der Waals surface area contributed by atoms with Crippen molar-refractivity contribution in [1.82, 2.24) is 19.2 Å². The molecule has 3 rings (SSSR count). The summed E-state index contributed by atoms with van der Waals surface area (Å²) in [5.74, 6) is -0.591. The molecule has 1 amide bonds. The van der Waals surface area contributed by atoms with Crippen molar-refractivity contribution in [3.63, 3.8) is 0 Å². The van der Waals surface area contributed by atoms with Crippen molar-refractivity contribution in [3.8, 4) is 0 Å². The average molecular weight is 388 g/mol. The molecule has 142 valence electrons. The molecule has 0 saturated carbocycles. The highest BCUT2D eigenvalue weighted by molar-refractivity contribution is 7.86. The summed E-state index contributed by atoms with van der Waals surface area (Å²) in [7, 11) is 0.617. The molecule has 2 aromatic carbocycles. The number of benzene rings is 2. The van der Waals surface area contributed by atoms with Gasteiger partial charge in [0, 0.05) is 38.5 Å². The third-order valence-corrected chi connectivity index (χ3v) is 6.11. The van der Waals surface area contributed by atoms with E-state index in [-0.39, 0.29) is 18.3 Å². The summed E-state index contributed by atoms with van der Waals surface area (Å²) in [6.07, 6.45) is 1.41. The number of nitrogens with one attached hydrogen (secondary N) is 2. The highest BCUT2D eigenvalue weighted by Gasteiger charge is 2.33. The van der Waals surface area contributed by atoms with Crippen molar-refractivity contribution in [3.05, 3.63) is 59.4 Å². The number of carbonyl (C=O) groups excluding carboxylic acids is 2. The summed E-state index contributed by atoms with van der Waals surface area (Å²) >= 11 is 0. The molecule has 1 heterocycles. The van der Waals surface area contributed by atoms with E-state index in [9.17, 15) is 18.0 Å². The van der Waals surface area contributed by atoms with Crippen LogP contribution in [0.25, 0.3) is 10.8 Å². The van der Waals surface area contributed by atoms with Crippen LogP contribution in [0, 0.1) is 0 Å². The molecule has 27 heavy (non-hydrogen) atoms. The fraction of sp³-hybridized carbons (Fsp3) is 0.222. The van der Waals surface area contributed by atoms with Crippen molar-refractivity contribution < 1.29 is 18.0 Å². The normalized spacial score (nSPS) is 14.2. The number of hydrogen-bond donors (Lipinski definition) is 2. The Labute approximate surface area is 157 Å². The summed E-state index contributed by atoms with van der Waals surface area (Å²) in [6, 6.07) is 10.2. The van der Waals surface area contributed by atoms with E-state index in [1.807, 2.05) is 0 Å². The third-order valence-electron chi connectivity index (χ3n) is 4.31. The number of rotatable bonds is 5. The van der Waals surface area contributed by atoms with Crippen LogP contribution in [-0.4, -0.2) is 56.5 Å². The highest BCUT2D eigenvalue weighted by atomic mass is 32.2. The van der Waals surface area contributed by atoms with Gasteiger partial charge in [0.2, 0.25) is 5.78 Å². The first-order valence-electron chi connectivity index (χ1n) is 8.20. The van der Waals surface area contributed by atoms with Gasteiger partial charge >= 0.3 is 10.2 Å². The zero-order valence-electron chi connectivity index (χ0n) is 15.2. The molecule has 0 radical (unpaired) electrons. The van der Waals surface area contributed by atoms with Gasteiger partial charge in [0.1, 0.15) is 12.4 Å². The summed E-state index contributed by atoms with van der Waals surface area (Å²) in [5, 5.41) is 6.95. The Kier molecular flexibility index (Phi) is 4.90. The Morgan fingerprint density at radius 3 is 2.26 bits per heavy atom. The minimum Gasteiger partial charge on any atom is -0.371 e. The summed E-state index contributed by atoms with van der Waals surface area (Å²) in [6.45, 7) is 0.00462. The van der Waals surface area contributed by atoms with Crippen LogP contribution in [0.15, 0.2) is 48.3 Å². The molecule has 1 aliphatic rings. The van der Waals surface area contributed by atoms with Gasteiger partial charge in [-0.3, -0.25) is 9.59 Å². The van der Waals surface area contributed by atoms with Crippen LogP contribution in [0.3, 0.4) is 0 Å². The molecule has 1 aliphatic heterocycles. The van der Waals surface area contributed by atoms with E-state index in [0.29, 0.717) is 11.1 Å². The largest absolute Gasteiger partial charge is 0.371 e. The van der Waals surface area contributed by atoms with Crippen molar-refractivity contribution in [1.29, 1.82) is 0 Å². The van der Waals surface area contributed by atoms with Gasteiger partial charge in [-0.2, -0.15) is 12.7 Å². The standard InChI is InChI=1S/C18H20N4O4S/c1-19-18(24)15-7-5-12-8-14(6-4-13(12)9-15)17(23)16-10-20-11-22(16)27(25,26)21(2)3/h4-10,20H,11H2,1-3H3,(H,19,24). The van der Waals surface area contributed by atoms with E-state index in [1.54, 1.807) is 43.4 Å². The predicted octanol–water partition coefficient (Wildman–Crippen LogP) is 0.893. The maximum atomic E-state index is 12.9. The SMILES string of the molecule is CNC(=O)c1ccc2cc(C(=O)C3=CNCN3S(=O)(=O)N(C)C)ccc2c1. The van der Waals surface area contributed by atoms with Crippen LogP contribution < -0.4 is 10.6 Å². The maximum absolute atomic E-state index is 12.9. The quantitative estimate of drug-likeness (QED) is 0.742. The van der Waals surface area contributed by atoms with Gasteiger partial charge in [0.05, 0.1) is 0 Å². The number of Topliss-reactive ketones (excluding diaryl/α,β-unsaturated/α-hetero) is 1. The van der Waals surface area contributed by atoms with Gasteiger partial charge < -0.3 is 10.6 Å². The molecule has 0 unspecified atom stereocenters. The lowest BCUT2D eigenvalue weighted by Gasteiger charge is -2.23. The topological polar surface area (TPSA) is 98.8 Å². The number of ketones is 1. The Bertz CT molecular complexity index is 1060. The fourth-order valence-electron chi connectivity index (χ4n) is 2.78. The lowest BCUT2D eigenvalue weighted by atomic mass is 10.0. The molecule has 2 aromatic rings. The second kappa shape index (κ2) is 7.01. The van der Waals surface area contributed by atoms with Gasteiger partial charge in [-0.25, -0.2) is 4.31 Å². The maximum Gasteiger partial charge on any atom is 0.305 e. The van der Waals surface area contributed by atoms with E-state index in [1.165, 1.54) is 20.3 Å². The predicted molar refractivity (Wildman–Crippen MR) is 102 cm³/mol. The Morgan fingerprint density at radius 1 is 1.07 bits per heavy atom. The first-order valence-corrected chi connectivity index (χ1v) is 9.59. The van der Waals surface area contributed by atoms with Gasteiger partial charge in [0.25, 0.3) is 5.91 Å². The molecule has 0 saturated heterocycles. The van der Waals surface area contributed by atoms with E-state index >= 15 is 0 Å². The van der Waals surface area contributed by atoms with Gasteiger partial charge in [-0.1, -0.05) is 18.2 Å². The molecule has 0 aliphatic carbocycles. The van der Waals surface area contributed by atoms with Crippen molar-refractivity contribution in [2.45, 2.75) is 0 Å². The number of hydrogen-bond acceptors (Lipinski definition) is 5. The van der Waals surface area contributed by atoms with Crippen LogP contribution >= 0.6 is 0 Å². The second-order valence-electron chi connectivity index (χ2n) is 6.22. The highest BCUT2D eigenvalue weighted by Crippen LogP contribution is 2.23. The van der Waals surface area contributed by atoms with Gasteiger partial charge in [-0.05, 0) is 29.0 Å². The Hall–Kier alpha value is -2.91. The molecule has 2 N–H and O–H groups in total. The Morgan fingerprint density at radius 2 is 1.67 bits per heavy atom. The molecule has 0 fully saturated rings. The number of allylic oxidation sites excluding steroid dienone is 1. The van der Waals surface area contributed by atoms with Crippen LogP contribution in [0.5, 0.6) is 0 Å². The second-order valence-corrected chi connectivity index (χ2v) is 8.28.